The minimum atomic E-state index is -0.259. The van der Waals surface area contributed by atoms with Crippen molar-refractivity contribution in [2.75, 3.05) is 0 Å². The second kappa shape index (κ2) is 6.03. The highest BCUT2D eigenvalue weighted by molar-refractivity contribution is 6.30. The van der Waals surface area contributed by atoms with Crippen molar-refractivity contribution in [3.63, 3.8) is 0 Å². The number of benzene rings is 1. The number of aryl methyl sites for hydroxylation is 2. The van der Waals surface area contributed by atoms with Gasteiger partial charge in [0.25, 0.3) is 0 Å². The second-order valence-corrected chi connectivity index (χ2v) is 5.79. The Morgan fingerprint density at radius 1 is 1.39 bits per heavy atom. The fourth-order valence-corrected chi connectivity index (χ4v) is 3.12. The van der Waals surface area contributed by atoms with E-state index in [1.54, 1.807) is 6.07 Å². The maximum absolute atomic E-state index is 13.6. The van der Waals surface area contributed by atoms with Crippen LogP contribution >= 0.6 is 11.6 Å². The van der Waals surface area contributed by atoms with Gasteiger partial charge in [0.15, 0.2) is 0 Å². The van der Waals surface area contributed by atoms with Crippen LogP contribution in [-0.2, 0) is 12.8 Å². The molecule has 2 atom stereocenters. The third kappa shape index (κ3) is 3.24. The Bertz CT molecular complexity index is 419. The molecule has 0 spiro atoms. The summed E-state index contributed by atoms with van der Waals surface area (Å²) in [5.74, 6) is 0.472. The maximum atomic E-state index is 13.6. The molecule has 0 radical (unpaired) electrons. The van der Waals surface area contributed by atoms with Gasteiger partial charge < -0.3 is 5.73 Å². The molecule has 3 heteroatoms. The average molecular weight is 270 g/mol. The zero-order valence-electron chi connectivity index (χ0n) is 10.9. The van der Waals surface area contributed by atoms with Crippen LogP contribution in [0.5, 0.6) is 0 Å². The SMILES string of the molecule is CCc1cc(CCC2CCC(N)C2)cc(Cl)c1F. The van der Waals surface area contributed by atoms with Gasteiger partial charge in [-0.3, -0.25) is 0 Å². The molecule has 0 aliphatic heterocycles. The van der Waals surface area contributed by atoms with Crippen molar-refractivity contribution in [1.29, 1.82) is 0 Å². The van der Waals surface area contributed by atoms with E-state index in [9.17, 15) is 4.39 Å². The standard InChI is InChI=1S/C15H21ClFN/c1-2-12-7-11(9-14(16)15(12)17)4-3-10-5-6-13(18)8-10/h7,9-10,13H,2-6,8,18H2,1H3. The summed E-state index contributed by atoms with van der Waals surface area (Å²) in [5.41, 5.74) is 7.79. The molecular weight excluding hydrogens is 249 g/mol. The number of hydrogen-bond acceptors (Lipinski definition) is 1. The molecular formula is C15H21ClFN. The van der Waals surface area contributed by atoms with Gasteiger partial charge in [0, 0.05) is 6.04 Å². The van der Waals surface area contributed by atoms with Gasteiger partial charge >= 0.3 is 0 Å². The molecule has 0 bridgehead atoms. The summed E-state index contributed by atoms with van der Waals surface area (Å²) in [6, 6.07) is 4.11. The first-order chi connectivity index (χ1) is 8.60. The summed E-state index contributed by atoms with van der Waals surface area (Å²) in [7, 11) is 0. The van der Waals surface area contributed by atoms with E-state index in [-0.39, 0.29) is 10.8 Å². The lowest BCUT2D eigenvalue weighted by atomic mass is 9.96. The van der Waals surface area contributed by atoms with Crippen LogP contribution in [0.1, 0.15) is 43.7 Å². The van der Waals surface area contributed by atoms with Gasteiger partial charge in [0.05, 0.1) is 5.02 Å². The van der Waals surface area contributed by atoms with Crippen molar-refractivity contribution >= 4 is 11.6 Å². The van der Waals surface area contributed by atoms with E-state index in [2.05, 4.69) is 0 Å². The van der Waals surface area contributed by atoms with Crippen LogP contribution in [0, 0.1) is 11.7 Å². The lowest BCUT2D eigenvalue weighted by molar-refractivity contribution is 0.495. The monoisotopic (exact) mass is 269 g/mol. The highest BCUT2D eigenvalue weighted by atomic mass is 35.5. The second-order valence-electron chi connectivity index (χ2n) is 5.38. The Hall–Kier alpha value is -0.600. The lowest BCUT2D eigenvalue weighted by Gasteiger charge is -2.11. The third-order valence-corrected chi connectivity index (χ3v) is 4.24. The van der Waals surface area contributed by atoms with Gasteiger partial charge in [0.2, 0.25) is 0 Å². The summed E-state index contributed by atoms with van der Waals surface area (Å²) in [6.45, 7) is 1.95. The van der Waals surface area contributed by atoms with Crippen molar-refractivity contribution in [3.05, 3.63) is 34.1 Å². The fourth-order valence-electron chi connectivity index (χ4n) is 2.86. The minimum Gasteiger partial charge on any atom is -0.328 e. The molecule has 1 aromatic carbocycles. The highest BCUT2D eigenvalue weighted by Gasteiger charge is 2.21. The fraction of sp³-hybridized carbons (Fsp3) is 0.600. The van der Waals surface area contributed by atoms with Crippen molar-refractivity contribution in [1.82, 2.24) is 0 Å². The van der Waals surface area contributed by atoms with Crippen LogP contribution in [-0.4, -0.2) is 6.04 Å². The van der Waals surface area contributed by atoms with Crippen molar-refractivity contribution < 1.29 is 4.39 Å². The smallest absolute Gasteiger partial charge is 0.144 e. The first-order valence-corrected chi connectivity index (χ1v) is 7.20. The van der Waals surface area contributed by atoms with E-state index < -0.39 is 0 Å². The molecule has 1 saturated carbocycles. The molecule has 0 saturated heterocycles. The first-order valence-electron chi connectivity index (χ1n) is 6.82. The normalized spacial score (nSPS) is 23.6. The van der Waals surface area contributed by atoms with Gasteiger partial charge in [-0.1, -0.05) is 24.6 Å². The Labute approximate surface area is 114 Å². The summed E-state index contributed by atoms with van der Waals surface area (Å²) < 4.78 is 13.6. The van der Waals surface area contributed by atoms with E-state index in [0.717, 1.165) is 42.7 Å². The van der Waals surface area contributed by atoms with Gasteiger partial charge in [-0.15, -0.1) is 0 Å². The summed E-state index contributed by atoms with van der Waals surface area (Å²) in [6.07, 6.45) is 6.32. The number of hydrogen-bond donors (Lipinski definition) is 1. The van der Waals surface area contributed by atoms with Crippen molar-refractivity contribution in [2.45, 2.75) is 51.5 Å². The van der Waals surface area contributed by atoms with Gasteiger partial charge in [-0.25, -0.2) is 4.39 Å². The lowest BCUT2D eigenvalue weighted by Crippen LogP contribution is -2.14. The molecule has 1 nitrogen and oxygen atoms in total. The van der Waals surface area contributed by atoms with E-state index in [1.807, 2.05) is 13.0 Å². The minimum absolute atomic E-state index is 0.257. The molecule has 2 unspecified atom stereocenters. The highest BCUT2D eigenvalue weighted by Crippen LogP contribution is 2.29. The predicted octanol–water partition coefficient (Wildman–Crippen LogP) is 4.10. The van der Waals surface area contributed by atoms with Crippen molar-refractivity contribution in [2.24, 2.45) is 11.7 Å². The molecule has 0 aromatic heterocycles. The van der Waals surface area contributed by atoms with Crippen LogP contribution in [0.2, 0.25) is 5.02 Å². The quantitative estimate of drug-likeness (QED) is 0.875. The molecule has 2 rings (SSSR count). The number of rotatable bonds is 4. The molecule has 1 aromatic rings. The Kier molecular flexibility index (Phi) is 4.63. The molecule has 100 valence electrons. The average Bonchev–Trinajstić information content (AvgIpc) is 2.76. The van der Waals surface area contributed by atoms with Crippen molar-refractivity contribution in [3.8, 4) is 0 Å². The third-order valence-electron chi connectivity index (χ3n) is 3.97. The van der Waals surface area contributed by atoms with Crippen LogP contribution in [0.4, 0.5) is 4.39 Å². The predicted molar refractivity (Wildman–Crippen MR) is 74.4 cm³/mol. The van der Waals surface area contributed by atoms with Gasteiger partial charge in [-0.2, -0.15) is 0 Å². The van der Waals surface area contributed by atoms with Crippen LogP contribution in [0.3, 0.4) is 0 Å². The van der Waals surface area contributed by atoms with Crippen LogP contribution < -0.4 is 5.73 Å². The zero-order chi connectivity index (χ0) is 13.1. The molecule has 1 aliphatic rings. The van der Waals surface area contributed by atoms with E-state index in [1.165, 1.54) is 6.42 Å². The Balaban J connectivity index is 1.99. The number of nitrogens with two attached hydrogens (primary N) is 1. The Morgan fingerprint density at radius 2 is 2.17 bits per heavy atom. The molecule has 1 aliphatic carbocycles. The molecule has 2 N–H and O–H groups in total. The van der Waals surface area contributed by atoms with Gasteiger partial charge in [-0.05, 0) is 61.6 Å². The molecule has 0 heterocycles. The van der Waals surface area contributed by atoms with Crippen LogP contribution in [0.25, 0.3) is 0 Å². The Morgan fingerprint density at radius 3 is 2.78 bits per heavy atom. The summed E-state index contributed by atoms with van der Waals surface area (Å²) >= 11 is 5.92. The summed E-state index contributed by atoms with van der Waals surface area (Å²) in [4.78, 5) is 0. The van der Waals surface area contributed by atoms with Crippen LogP contribution in [0.15, 0.2) is 12.1 Å². The van der Waals surface area contributed by atoms with Gasteiger partial charge in [0.1, 0.15) is 5.82 Å². The zero-order valence-corrected chi connectivity index (χ0v) is 11.6. The molecule has 1 fully saturated rings. The van der Waals surface area contributed by atoms with E-state index in [4.69, 9.17) is 17.3 Å². The first kappa shape index (κ1) is 13.8. The van der Waals surface area contributed by atoms with E-state index >= 15 is 0 Å². The summed E-state index contributed by atoms with van der Waals surface area (Å²) in [5, 5.41) is 0.257. The molecule has 0 amide bonds. The topological polar surface area (TPSA) is 26.0 Å². The maximum Gasteiger partial charge on any atom is 0.144 e. The largest absolute Gasteiger partial charge is 0.328 e. The number of halogens is 2. The van der Waals surface area contributed by atoms with E-state index in [0.29, 0.717) is 12.5 Å². The molecule has 18 heavy (non-hydrogen) atoms.